The molecule has 8 aliphatic carbocycles. The van der Waals surface area contributed by atoms with Crippen molar-refractivity contribution in [2.45, 2.75) is 99.9 Å². The molecule has 3 N–H and O–H groups in total. The lowest BCUT2D eigenvalue weighted by molar-refractivity contribution is -0.0464. The normalized spacial score (nSPS) is 39.0. The summed E-state index contributed by atoms with van der Waals surface area (Å²) < 4.78 is 63.2. The highest BCUT2D eigenvalue weighted by atomic mass is 32.2. The van der Waals surface area contributed by atoms with Crippen LogP contribution in [0, 0.1) is 59.2 Å². The van der Waals surface area contributed by atoms with Gasteiger partial charge < -0.3 is 5.32 Å². The summed E-state index contributed by atoms with van der Waals surface area (Å²) in [6, 6.07) is 5.75. The van der Waals surface area contributed by atoms with E-state index in [1.54, 1.807) is 18.2 Å². The average molecular weight is 652 g/mol. The van der Waals surface area contributed by atoms with E-state index in [1.807, 2.05) is 13.8 Å². The van der Waals surface area contributed by atoms with Crippen LogP contribution in [0.2, 0.25) is 0 Å². The summed E-state index contributed by atoms with van der Waals surface area (Å²) in [6.07, 6.45) is 12.1. The molecule has 8 fully saturated rings. The molecule has 9 aliphatic rings. The third-order valence-corrected chi connectivity index (χ3v) is 16.8. The lowest BCUT2D eigenvalue weighted by Gasteiger charge is -2.56. The SMILES string of the molecule is C[C@@H](NS(=O)(=O)c1cc(S(=O)(=O)N[C@H](C)C2C3CC4CC(C3)CC2C4)c2cccc3c2c1NC3=O)C1C2CC3CC(C2)CC1C3. The third-order valence-electron chi connectivity index (χ3n) is 13.6. The van der Waals surface area contributed by atoms with E-state index in [2.05, 4.69) is 14.8 Å². The van der Waals surface area contributed by atoms with Crippen molar-refractivity contribution in [2.24, 2.45) is 59.2 Å². The highest BCUT2D eigenvalue weighted by Crippen LogP contribution is 2.58. The van der Waals surface area contributed by atoms with Crippen molar-refractivity contribution in [3.05, 3.63) is 29.8 Å². The summed E-state index contributed by atoms with van der Waals surface area (Å²) in [5.41, 5.74) is 0.489. The maximum atomic E-state index is 14.3. The summed E-state index contributed by atoms with van der Waals surface area (Å²) >= 11 is 0. The van der Waals surface area contributed by atoms with Gasteiger partial charge in [0, 0.05) is 28.4 Å². The number of hydrogen-bond acceptors (Lipinski definition) is 5. The minimum absolute atomic E-state index is 0.0714. The Hall–Kier alpha value is -2.01. The Morgan fingerprint density at radius 1 is 0.667 bits per heavy atom. The Kier molecular flexibility index (Phi) is 6.48. The summed E-state index contributed by atoms with van der Waals surface area (Å²) in [7, 11) is -8.29. The van der Waals surface area contributed by atoms with E-state index < -0.39 is 26.0 Å². The van der Waals surface area contributed by atoms with Crippen LogP contribution in [-0.2, 0) is 20.0 Å². The molecule has 0 spiro atoms. The molecule has 0 aromatic heterocycles. The summed E-state index contributed by atoms with van der Waals surface area (Å²) in [4.78, 5) is 12.8. The van der Waals surface area contributed by atoms with E-state index in [0.29, 0.717) is 45.9 Å². The highest BCUT2D eigenvalue weighted by molar-refractivity contribution is 7.90. The summed E-state index contributed by atoms with van der Waals surface area (Å²) in [6.45, 7) is 3.96. The van der Waals surface area contributed by atoms with Gasteiger partial charge in [-0.2, -0.15) is 0 Å². The fourth-order valence-electron chi connectivity index (χ4n) is 12.7. The first-order chi connectivity index (χ1) is 21.4. The van der Waals surface area contributed by atoms with Crippen molar-refractivity contribution >= 4 is 42.4 Å². The number of carbonyl (C=O) groups excluding carboxylic acids is 1. The van der Waals surface area contributed by atoms with E-state index in [0.717, 1.165) is 23.7 Å². The monoisotopic (exact) mass is 651 g/mol. The minimum Gasteiger partial charge on any atom is -0.320 e. The number of rotatable bonds is 8. The second kappa shape index (κ2) is 10.0. The van der Waals surface area contributed by atoms with Crippen molar-refractivity contribution in [3.8, 4) is 0 Å². The molecule has 2 aromatic rings. The standard InChI is InChI=1S/C35H45N3O5S2/c1-17(31-23-8-19-6-20(10-23)11-24(31)9-19)37-44(40,41)29-16-30(34-33-27(29)4-3-5-28(33)35(39)36-34)45(42,43)38-18(2)32-25-12-21-7-22(14-25)15-26(32)13-21/h3-5,16-26,31-32,37-38H,6-15H2,1-2H3,(H,36,39)/t17-,18-,19?,20?,21?,22?,23?,24?,25?,26?,31?,32?/m1/s1. The maximum absolute atomic E-state index is 14.3. The number of sulfonamides is 2. The summed E-state index contributed by atoms with van der Waals surface area (Å²) in [5, 5.41) is 3.53. The molecule has 11 rings (SSSR count). The second-order valence-electron chi connectivity index (χ2n) is 16.3. The molecule has 0 radical (unpaired) electrons. The van der Waals surface area contributed by atoms with Crippen LogP contribution in [0.25, 0.3) is 10.8 Å². The highest BCUT2D eigenvalue weighted by Gasteiger charge is 2.52. The van der Waals surface area contributed by atoms with Gasteiger partial charge in [-0.3, -0.25) is 4.79 Å². The van der Waals surface area contributed by atoms with Crippen LogP contribution in [0.3, 0.4) is 0 Å². The van der Waals surface area contributed by atoms with Gasteiger partial charge in [0.15, 0.2) is 0 Å². The molecule has 8 saturated carbocycles. The largest absolute Gasteiger partial charge is 0.320 e. The van der Waals surface area contributed by atoms with Crippen LogP contribution in [0.1, 0.15) is 88.4 Å². The van der Waals surface area contributed by atoms with Crippen molar-refractivity contribution < 1.29 is 21.6 Å². The lowest BCUT2D eigenvalue weighted by Crippen LogP contribution is -2.53. The van der Waals surface area contributed by atoms with E-state index in [9.17, 15) is 21.6 Å². The number of amides is 1. The Balaban J connectivity index is 1.07. The minimum atomic E-state index is -4.17. The second-order valence-corrected chi connectivity index (χ2v) is 19.6. The molecule has 1 aliphatic heterocycles. The van der Waals surface area contributed by atoms with Gasteiger partial charge in [-0.1, -0.05) is 12.1 Å². The van der Waals surface area contributed by atoms with Crippen molar-refractivity contribution in [1.82, 2.24) is 9.44 Å². The topological polar surface area (TPSA) is 121 Å². The van der Waals surface area contributed by atoms with Gasteiger partial charge >= 0.3 is 0 Å². The molecule has 10 heteroatoms. The van der Waals surface area contributed by atoms with Crippen molar-refractivity contribution in [2.75, 3.05) is 5.32 Å². The number of anilines is 1. The van der Waals surface area contributed by atoms with Gasteiger partial charge in [0.2, 0.25) is 20.0 Å². The smallest absolute Gasteiger partial charge is 0.256 e. The Labute approximate surface area is 267 Å². The van der Waals surface area contributed by atoms with Crippen LogP contribution in [-0.4, -0.2) is 34.8 Å². The zero-order valence-electron chi connectivity index (χ0n) is 26.2. The molecular weight excluding hydrogens is 607 g/mol. The van der Waals surface area contributed by atoms with Gasteiger partial charge in [-0.15, -0.1) is 0 Å². The van der Waals surface area contributed by atoms with Gasteiger partial charge in [0.05, 0.1) is 10.6 Å². The molecule has 1 heterocycles. The van der Waals surface area contributed by atoms with Crippen LogP contribution in [0.5, 0.6) is 0 Å². The molecule has 0 saturated heterocycles. The van der Waals surface area contributed by atoms with Crippen LogP contribution >= 0.6 is 0 Å². The average Bonchev–Trinajstić information content (AvgIpc) is 3.28. The molecule has 2 atom stereocenters. The van der Waals surface area contributed by atoms with E-state index >= 15 is 0 Å². The zero-order chi connectivity index (χ0) is 31.0. The van der Waals surface area contributed by atoms with Gasteiger partial charge in [-0.05, 0) is 149 Å². The number of nitrogens with one attached hydrogen (secondary N) is 3. The fraction of sp³-hybridized carbons (Fsp3) is 0.686. The van der Waals surface area contributed by atoms with Gasteiger partial charge in [0.1, 0.15) is 4.90 Å². The van der Waals surface area contributed by atoms with E-state index in [-0.39, 0.29) is 33.5 Å². The van der Waals surface area contributed by atoms with Crippen LogP contribution in [0.15, 0.2) is 34.1 Å². The van der Waals surface area contributed by atoms with Gasteiger partial charge in [0.25, 0.3) is 5.91 Å². The zero-order valence-corrected chi connectivity index (χ0v) is 27.8. The molecule has 8 nitrogen and oxygen atoms in total. The maximum Gasteiger partial charge on any atom is 0.256 e. The molecular formula is C35H45N3O5S2. The third kappa shape index (κ3) is 4.51. The number of hydrogen-bond donors (Lipinski definition) is 3. The first-order valence-corrected chi connectivity index (χ1v) is 20.4. The Morgan fingerprint density at radius 3 is 1.58 bits per heavy atom. The number of benzene rings is 2. The molecule has 242 valence electrons. The molecule has 45 heavy (non-hydrogen) atoms. The van der Waals surface area contributed by atoms with Crippen molar-refractivity contribution in [1.29, 1.82) is 0 Å². The van der Waals surface area contributed by atoms with E-state index in [1.165, 1.54) is 70.3 Å². The quantitative estimate of drug-likeness (QED) is 0.329. The van der Waals surface area contributed by atoms with E-state index in [4.69, 9.17) is 0 Å². The Morgan fingerprint density at radius 2 is 1.11 bits per heavy atom. The Bertz CT molecular complexity index is 1770. The lowest BCUT2D eigenvalue weighted by atomic mass is 9.51. The first-order valence-electron chi connectivity index (χ1n) is 17.4. The fourth-order valence-corrected chi connectivity index (χ4v) is 15.7. The summed E-state index contributed by atoms with van der Waals surface area (Å²) in [5.74, 6) is 5.44. The van der Waals surface area contributed by atoms with Crippen molar-refractivity contribution in [3.63, 3.8) is 0 Å². The molecule has 1 amide bonds. The predicted octanol–water partition coefficient (Wildman–Crippen LogP) is 5.88. The van der Waals surface area contributed by atoms with Gasteiger partial charge in [-0.25, -0.2) is 26.3 Å². The van der Waals surface area contributed by atoms with Crippen LogP contribution in [0.4, 0.5) is 5.69 Å². The molecule has 0 unspecified atom stereocenters. The predicted molar refractivity (Wildman–Crippen MR) is 173 cm³/mol. The molecule has 2 aromatic carbocycles. The molecule has 8 bridgehead atoms. The first kappa shape index (κ1) is 29.2. The number of carbonyl (C=O) groups is 1. The van der Waals surface area contributed by atoms with Crippen LogP contribution < -0.4 is 14.8 Å².